The van der Waals surface area contributed by atoms with Gasteiger partial charge in [-0.2, -0.15) is 0 Å². The quantitative estimate of drug-likeness (QED) is 0.0673. The minimum atomic E-state index is -1.45. The number of hydrogen-bond donors (Lipinski definition) is 2. The molecule has 0 aliphatic carbocycles. The van der Waals surface area contributed by atoms with E-state index in [1.165, 1.54) is 38.5 Å². The van der Waals surface area contributed by atoms with Crippen molar-refractivity contribution in [3.63, 3.8) is 0 Å². The average molecular weight is 677 g/mol. The van der Waals surface area contributed by atoms with Crippen LogP contribution in [0.5, 0.6) is 0 Å². The molecule has 0 bridgehead atoms. The number of carbonyl (C=O) groups is 1. The Bertz CT molecular complexity index is 871. The normalized spacial score (nSPS) is 27.0. The topological polar surface area (TPSA) is 105 Å². The number of carbonyl (C=O) groups excluding carboxylic acids is 1. The van der Waals surface area contributed by atoms with Crippen molar-refractivity contribution in [2.75, 3.05) is 26.6 Å². The minimum Gasteiger partial charge on any atom is -0.388 e. The second-order valence-corrected chi connectivity index (χ2v) is 27.1. The maximum Gasteiger partial charge on any atom is 0.223 e. The van der Waals surface area contributed by atoms with Crippen molar-refractivity contribution in [2.45, 2.75) is 185 Å². The van der Waals surface area contributed by atoms with Crippen LogP contribution < -0.4 is 5.32 Å². The van der Waals surface area contributed by atoms with Gasteiger partial charge in [-0.25, -0.2) is 0 Å². The zero-order chi connectivity index (χ0) is 34.4. The molecule has 266 valence electrons. The van der Waals surface area contributed by atoms with E-state index >= 15 is 0 Å². The van der Waals surface area contributed by atoms with Crippen molar-refractivity contribution < 1.29 is 39.7 Å². The third-order valence-corrected chi connectivity index (χ3v) is 11.8. The fourth-order valence-electron chi connectivity index (χ4n) is 5.44. The molecule has 2 rings (SSSR count). The number of ether oxygens (including phenoxy) is 6. The Morgan fingerprint density at radius 1 is 0.978 bits per heavy atom. The summed E-state index contributed by atoms with van der Waals surface area (Å²) in [7, 11) is -2.65. The molecule has 9 nitrogen and oxygen atoms in total. The van der Waals surface area contributed by atoms with Crippen LogP contribution in [0.25, 0.3) is 0 Å². The lowest BCUT2D eigenvalue weighted by atomic mass is 9.95. The highest BCUT2D eigenvalue weighted by Crippen LogP contribution is 2.33. The molecule has 2 aliphatic heterocycles. The molecule has 1 amide bonds. The first kappa shape index (κ1) is 39.1. The molecule has 2 heterocycles. The maximum absolute atomic E-state index is 13.6. The van der Waals surface area contributed by atoms with Gasteiger partial charge in [0.15, 0.2) is 12.1 Å². The standard InChI is InChI=1S/C34H69NO8Si2/c1-10-11-12-13-14-15-16-17-18-19-27(40-26-38-20-22-44(4,5)6)24-29(36)35-30-31(37)32-28(25-41-34(2,3)43-32)42-33(30)39-21-23-45(7,8)9/h27-28,30-33,37H,10-26H2,1-9H3,(H,35,36)/t27?,28-,30-,31-,32-,33?/m1/s1/i27D. The number of hydrogen-bond acceptors (Lipinski definition) is 8. The molecule has 0 aromatic rings. The Morgan fingerprint density at radius 2 is 1.58 bits per heavy atom. The van der Waals surface area contributed by atoms with E-state index < -0.39 is 64.6 Å². The summed E-state index contributed by atoms with van der Waals surface area (Å²) >= 11 is 0. The van der Waals surface area contributed by atoms with Crippen LogP contribution in [-0.2, 0) is 33.2 Å². The molecule has 0 aromatic carbocycles. The van der Waals surface area contributed by atoms with Crippen LogP contribution in [0.4, 0.5) is 0 Å². The molecule has 0 spiro atoms. The largest absolute Gasteiger partial charge is 0.388 e. The van der Waals surface area contributed by atoms with E-state index in [1.54, 1.807) is 13.8 Å². The second kappa shape index (κ2) is 20.2. The molecule has 0 saturated carbocycles. The molecule has 45 heavy (non-hydrogen) atoms. The fraction of sp³-hybridized carbons (Fsp3) is 0.971. The Balaban J connectivity index is 2.04. The van der Waals surface area contributed by atoms with E-state index in [0.29, 0.717) is 19.6 Å². The van der Waals surface area contributed by atoms with Gasteiger partial charge >= 0.3 is 0 Å². The van der Waals surface area contributed by atoms with Crippen LogP contribution in [0.2, 0.25) is 51.4 Å². The lowest BCUT2D eigenvalue weighted by molar-refractivity contribution is -0.368. The van der Waals surface area contributed by atoms with E-state index in [9.17, 15) is 11.3 Å². The average Bonchev–Trinajstić information content (AvgIpc) is 2.93. The Kier molecular flexibility index (Phi) is 17.5. The number of aliphatic hydroxyl groups is 1. The van der Waals surface area contributed by atoms with Gasteiger partial charge in [-0.3, -0.25) is 4.79 Å². The first-order valence-electron chi connectivity index (χ1n) is 18.2. The number of fused-ring (bicyclic) bond motifs is 1. The van der Waals surface area contributed by atoms with Crippen LogP contribution in [0.15, 0.2) is 0 Å². The number of unbranched alkanes of at least 4 members (excludes halogenated alkanes) is 8. The molecule has 2 unspecified atom stereocenters. The summed E-state index contributed by atoms with van der Waals surface area (Å²) in [6, 6.07) is 1.05. The fourth-order valence-corrected chi connectivity index (χ4v) is 6.93. The molecular formula is C34H69NO8Si2. The lowest BCUT2D eigenvalue weighted by Gasteiger charge is -2.50. The molecule has 2 aliphatic rings. The Labute approximate surface area is 278 Å². The van der Waals surface area contributed by atoms with Gasteiger partial charge in [0.1, 0.15) is 31.1 Å². The smallest absolute Gasteiger partial charge is 0.223 e. The molecular weight excluding hydrogens is 607 g/mol. The van der Waals surface area contributed by atoms with E-state index in [1.807, 2.05) is 0 Å². The van der Waals surface area contributed by atoms with Gasteiger partial charge in [0.2, 0.25) is 5.91 Å². The van der Waals surface area contributed by atoms with E-state index in [2.05, 4.69) is 51.5 Å². The molecule has 0 radical (unpaired) electrons. The highest BCUT2D eigenvalue weighted by Gasteiger charge is 2.51. The van der Waals surface area contributed by atoms with E-state index in [-0.39, 0.29) is 19.8 Å². The third kappa shape index (κ3) is 17.6. The molecule has 6 atom stereocenters. The van der Waals surface area contributed by atoms with Crippen molar-refractivity contribution in [2.24, 2.45) is 0 Å². The Hall–Kier alpha value is -0.376. The number of aliphatic hydroxyl groups excluding tert-OH is 1. The summed E-state index contributed by atoms with van der Waals surface area (Å²) < 4.78 is 45.2. The summed E-state index contributed by atoms with van der Waals surface area (Å²) in [6.45, 7) is 20.8. The van der Waals surface area contributed by atoms with Crippen molar-refractivity contribution in [3.05, 3.63) is 0 Å². The van der Waals surface area contributed by atoms with Gasteiger partial charge in [0.25, 0.3) is 0 Å². The summed E-state index contributed by atoms with van der Waals surface area (Å²) in [5.74, 6) is -1.29. The minimum absolute atomic E-state index is 0.0248. The summed E-state index contributed by atoms with van der Waals surface area (Å²) in [5, 5.41) is 14.4. The van der Waals surface area contributed by atoms with E-state index in [0.717, 1.165) is 31.4 Å². The van der Waals surface area contributed by atoms with Crippen molar-refractivity contribution >= 4 is 22.1 Å². The zero-order valence-electron chi connectivity index (χ0n) is 31.2. The third-order valence-electron chi connectivity index (χ3n) is 8.41. The van der Waals surface area contributed by atoms with E-state index in [4.69, 9.17) is 28.4 Å². The van der Waals surface area contributed by atoms with Gasteiger partial charge in [0, 0.05) is 29.4 Å². The molecule has 2 saturated heterocycles. The maximum atomic E-state index is 13.6. The summed E-state index contributed by atoms with van der Waals surface area (Å²) in [5.41, 5.74) is 0. The second-order valence-electron chi connectivity index (χ2n) is 15.9. The van der Waals surface area contributed by atoms with Crippen LogP contribution in [0.1, 0.15) is 92.8 Å². The predicted octanol–water partition coefficient (Wildman–Crippen LogP) is 7.07. The van der Waals surface area contributed by atoms with Crippen molar-refractivity contribution in [3.8, 4) is 0 Å². The van der Waals surface area contributed by atoms with Crippen molar-refractivity contribution in [1.29, 1.82) is 0 Å². The van der Waals surface area contributed by atoms with Crippen molar-refractivity contribution in [1.82, 2.24) is 5.32 Å². The van der Waals surface area contributed by atoms with Gasteiger partial charge < -0.3 is 38.8 Å². The van der Waals surface area contributed by atoms with Gasteiger partial charge in [-0.1, -0.05) is 104 Å². The molecule has 0 aromatic heterocycles. The van der Waals surface area contributed by atoms with Crippen LogP contribution in [0, 0.1) is 0 Å². The lowest BCUT2D eigenvalue weighted by Crippen LogP contribution is -2.68. The van der Waals surface area contributed by atoms with Gasteiger partial charge in [0.05, 0.1) is 20.5 Å². The predicted molar refractivity (Wildman–Crippen MR) is 186 cm³/mol. The highest BCUT2D eigenvalue weighted by atomic mass is 28.3. The first-order chi connectivity index (χ1) is 21.4. The highest BCUT2D eigenvalue weighted by molar-refractivity contribution is 6.76. The first-order valence-corrected chi connectivity index (χ1v) is 25.1. The number of amides is 1. The van der Waals surface area contributed by atoms with Gasteiger partial charge in [-0.15, -0.1) is 0 Å². The number of nitrogens with one attached hydrogen (secondary N) is 1. The monoisotopic (exact) mass is 676 g/mol. The zero-order valence-corrected chi connectivity index (χ0v) is 32.2. The molecule has 11 heteroatoms. The Morgan fingerprint density at radius 3 is 2.20 bits per heavy atom. The van der Waals surface area contributed by atoms with Crippen LogP contribution >= 0.6 is 0 Å². The number of rotatable bonds is 23. The summed E-state index contributed by atoms with van der Waals surface area (Å²) in [4.78, 5) is 13.6. The van der Waals surface area contributed by atoms with Gasteiger partial charge in [-0.05, 0) is 32.4 Å². The molecule has 2 N–H and O–H groups in total. The summed E-state index contributed by atoms with van der Waals surface area (Å²) in [6.07, 6.45) is 6.13. The SMILES string of the molecule is [2H]C(CCCCCCCCCCC)(CC(=O)N[C@H]1C(OCC[Si](C)(C)C)O[C@@H]2COC(C)(C)O[C@H]2[C@@H]1O)OCOCC[Si](C)(C)C. The van der Waals surface area contributed by atoms with Crippen LogP contribution in [0.3, 0.4) is 0 Å². The van der Waals surface area contributed by atoms with Crippen LogP contribution in [-0.4, -0.2) is 96.3 Å². The molecule has 2 fully saturated rings.